The molecule has 0 bridgehead atoms. The zero-order valence-electron chi connectivity index (χ0n) is 16.5. The average Bonchev–Trinajstić information content (AvgIpc) is 3.47. The molecule has 0 spiro atoms. The zero-order chi connectivity index (χ0) is 20.4. The van der Waals surface area contributed by atoms with E-state index in [4.69, 9.17) is 5.73 Å². The minimum atomic E-state index is -3.16. The Kier molecular flexibility index (Phi) is 5.64. The van der Waals surface area contributed by atoms with Crippen LogP contribution in [0.1, 0.15) is 44.2 Å². The molecule has 2 aliphatic rings. The van der Waals surface area contributed by atoms with Gasteiger partial charge in [0.2, 0.25) is 21.9 Å². The van der Waals surface area contributed by atoms with Gasteiger partial charge in [-0.3, -0.25) is 0 Å². The average molecular weight is 418 g/mol. The van der Waals surface area contributed by atoms with E-state index in [1.54, 1.807) is 12.4 Å². The van der Waals surface area contributed by atoms with E-state index in [2.05, 4.69) is 30.0 Å². The van der Waals surface area contributed by atoms with Crippen LogP contribution in [0.15, 0.2) is 18.5 Å². The summed E-state index contributed by atoms with van der Waals surface area (Å²) in [6, 6.07) is 2.09. The maximum atomic E-state index is 11.4. The monoisotopic (exact) mass is 417 g/mol. The minimum absolute atomic E-state index is 0.00668. The number of hydrogen-bond acceptors (Lipinski definition) is 8. The Bertz CT molecular complexity index is 970. The highest BCUT2D eigenvalue weighted by atomic mass is 32.2. The number of rotatable bonds is 7. The van der Waals surface area contributed by atoms with Gasteiger partial charge >= 0.3 is 0 Å². The van der Waals surface area contributed by atoms with Gasteiger partial charge < -0.3 is 11.1 Å². The molecule has 0 aromatic carbocycles. The Hall–Kier alpha value is -2.33. The predicted octanol–water partition coefficient (Wildman–Crippen LogP) is 1.74. The molecule has 0 aliphatic heterocycles. The molecule has 0 atom stereocenters. The summed E-state index contributed by atoms with van der Waals surface area (Å²) in [7, 11) is -3.16. The third-order valence-corrected chi connectivity index (χ3v) is 6.20. The van der Waals surface area contributed by atoms with Gasteiger partial charge in [0.15, 0.2) is 0 Å². The molecule has 0 amide bonds. The molecule has 0 unspecified atom stereocenters. The molecule has 4 rings (SSSR count). The smallest absolute Gasteiger partial charge is 0.223 e. The number of nitrogens with zero attached hydrogens (tertiary/aromatic N) is 4. The van der Waals surface area contributed by atoms with Gasteiger partial charge in [-0.15, -0.1) is 0 Å². The zero-order valence-corrected chi connectivity index (χ0v) is 17.3. The molecule has 2 aromatic heterocycles. The summed E-state index contributed by atoms with van der Waals surface area (Å²) in [5.41, 5.74) is 8.42. The van der Waals surface area contributed by atoms with Crippen molar-refractivity contribution in [3.8, 4) is 11.3 Å². The molecule has 2 aliphatic carbocycles. The van der Waals surface area contributed by atoms with Crippen molar-refractivity contribution in [2.45, 2.75) is 57.0 Å². The lowest BCUT2D eigenvalue weighted by atomic mass is 9.92. The highest BCUT2D eigenvalue weighted by molar-refractivity contribution is 7.88. The lowest BCUT2D eigenvalue weighted by Crippen LogP contribution is -2.39. The Morgan fingerprint density at radius 2 is 1.79 bits per heavy atom. The molecule has 9 nitrogen and oxygen atoms in total. The quantitative estimate of drug-likeness (QED) is 0.620. The summed E-state index contributed by atoms with van der Waals surface area (Å²) in [6.07, 6.45) is 11.3. The van der Waals surface area contributed by atoms with Crippen molar-refractivity contribution in [1.82, 2.24) is 24.7 Å². The van der Waals surface area contributed by atoms with Gasteiger partial charge in [-0.25, -0.2) is 33.1 Å². The molecule has 2 heterocycles. The van der Waals surface area contributed by atoms with Crippen LogP contribution >= 0.6 is 0 Å². The van der Waals surface area contributed by atoms with E-state index < -0.39 is 10.0 Å². The van der Waals surface area contributed by atoms with Crippen LogP contribution in [0, 0.1) is 5.92 Å². The van der Waals surface area contributed by atoms with E-state index >= 15 is 0 Å². The highest BCUT2D eigenvalue weighted by Crippen LogP contribution is 2.35. The molecule has 2 saturated carbocycles. The van der Waals surface area contributed by atoms with Crippen molar-refractivity contribution in [3.05, 3.63) is 24.2 Å². The first kappa shape index (κ1) is 20.0. The summed E-state index contributed by atoms with van der Waals surface area (Å²) < 4.78 is 25.5. The van der Waals surface area contributed by atoms with Crippen molar-refractivity contribution in [2.75, 3.05) is 17.3 Å². The van der Waals surface area contributed by atoms with Crippen LogP contribution in [0.2, 0.25) is 0 Å². The van der Waals surface area contributed by atoms with Gasteiger partial charge in [0, 0.05) is 30.0 Å². The fourth-order valence-corrected chi connectivity index (χ4v) is 4.66. The van der Waals surface area contributed by atoms with Crippen LogP contribution in [0.5, 0.6) is 0 Å². The number of aromatic nitrogens is 4. The summed E-state index contributed by atoms with van der Waals surface area (Å²) in [5, 5.41) is 3.39. The van der Waals surface area contributed by atoms with E-state index in [0.717, 1.165) is 49.1 Å². The van der Waals surface area contributed by atoms with Crippen molar-refractivity contribution in [2.24, 2.45) is 5.92 Å². The predicted molar refractivity (Wildman–Crippen MR) is 112 cm³/mol. The Balaban J connectivity index is 1.44. The molecule has 0 saturated heterocycles. The number of anilines is 2. The lowest BCUT2D eigenvalue weighted by Gasteiger charge is -2.29. The lowest BCUT2D eigenvalue weighted by molar-refractivity contribution is 0.387. The van der Waals surface area contributed by atoms with Crippen LogP contribution in [-0.4, -0.2) is 46.7 Å². The van der Waals surface area contributed by atoms with Crippen LogP contribution in [0.4, 0.5) is 11.9 Å². The van der Waals surface area contributed by atoms with Gasteiger partial charge in [0.1, 0.15) is 0 Å². The Morgan fingerprint density at radius 3 is 2.48 bits per heavy atom. The van der Waals surface area contributed by atoms with E-state index in [0.29, 0.717) is 11.9 Å². The van der Waals surface area contributed by atoms with Crippen LogP contribution in [-0.2, 0) is 16.4 Å². The van der Waals surface area contributed by atoms with Crippen LogP contribution < -0.4 is 15.8 Å². The molecular weight excluding hydrogens is 390 g/mol. The Morgan fingerprint density at radius 1 is 1.07 bits per heavy atom. The standard InChI is InChI=1S/C19H27N7O2S/c1-29(27,28)26-14-6-4-13(5-7-14)23-19-21-9-8-16(25-19)15-11-22-18(20)24-17(15)10-12-2-3-12/h8-9,11-14,26H,2-7,10H2,1H3,(H2,20,22,24)(H,21,23,25). The number of nitrogens with one attached hydrogen (secondary N) is 2. The SMILES string of the molecule is CS(=O)(=O)NC1CCC(Nc2nccc(-c3cnc(N)nc3CC3CC3)n2)CC1. The van der Waals surface area contributed by atoms with Crippen molar-refractivity contribution < 1.29 is 8.42 Å². The third kappa shape index (κ3) is 5.60. The molecule has 156 valence electrons. The molecule has 2 fully saturated rings. The normalized spacial score (nSPS) is 22.4. The topological polar surface area (TPSA) is 136 Å². The molecule has 0 radical (unpaired) electrons. The van der Waals surface area contributed by atoms with Gasteiger partial charge in [-0.1, -0.05) is 0 Å². The fraction of sp³-hybridized carbons (Fsp3) is 0.579. The van der Waals surface area contributed by atoms with Crippen molar-refractivity contribution >= 4 is 21.9 Å². The number of sulfonamides is 1. The fourth-order valence-electron chi connectivity index (χ4n) is 3.82. The van der Waals surface area contributed by atoms with Crippen LogP contribution in [0.3, 0.4) is 0 Å². The van der Waals surface area contributed by atoms with Gasteiger partial charge in [0.25, 0.3) is 0 Å². The van der Waals surface area contributed by atoms with E-state index in [9.17, 15) is 8.42 Å². The number of hydrogen-bond donors (Lipinski definition) is 3. The summed E-state index contributed by atoms with van der Waals surface area (Å²) in [4.78, 5) is 17.6. The second-order valence-electron chi connectivity index (χ2n) is 8.08. The molecule has 4 N–H and O–H groups in total. The van der Waals surface area contributed by atoms with Crippen molar-refractivity contribution in [1.29, 1.82) is 0 Å². The number of nitrogens with two attached hydrogens (primary N) is 1. The van der Waals surface area contributed by atoms with E-state index in [1.165, 1.54) is 19.1 Å². The molecule has 29 heavy (non-hydrogen) atoms. The first-order valence-corrected chi connectivity index (χ1v) is 11.9. The Labute approximate surface area is 171 Å². The molecule has 10 heteroatoms. The minimum Gasteiger partial charge on any atom is -0.368 e. The van der Waals surface area contributed by atoms with E-state index in [1.807, 2.05) is 6.07 Å². The summed E-state index contributed by atoms with van der Waals surface area (Å²) in [5.74, 6) is 1.53. The summed E-state index contributed by atoms with van der Waals surface area (Å²) >= 11 is 0. The van der Waals surface area contributed by atoms with Crippen LogP contribution in [0.25, 0.3) is 11.3 Å². The molecular formula is C19H27N7O2S. The van der Waals surface area contributed by atoms with Gasteiger partial charge in [-0.2, -0.15) is 0 Å². The summed E-state index contributed by atoms with van der Waals surface area (Å²) in [6.45, 7) is 0. The maximum Gasteiger partial charge on any atom is 0.223 e. The third-order valence-electron chi connectivity index (χ3n) is 5.44. The number of nitrogen functional groups attached to an aromatic ring is 1. The largest absolute Gasteiger partial charge is 0.368 e. The molecule has 2 aromatic rings. The first-order valence-electron chi connectivity index (χ1n) is 10.0. The maximum absolute atomic E-state index is 11.4. The van der Waals surface area contributed by atoms with Gasteiger partial charge in [-0.05, 0) is 56.9 Å². The highest BCUT2D eigenvalue weighted by Gasteiger charge is 2.25. The second kappa shape index (κ2) is 8.19. The second-order valence-corrected chi connectivity index (χ2v) is 9.86. The van der Waals surface area contributed by atoms with E-state index in [-0.39, 0.29) is 18.0 Å². The first-order chi connectivity index (χ1) is 13.9. The van der Waals surface area contributed by atoms with Gasteiger partial charge in [0.05, 0.1) is 17.6 Å². The van der Waals surface area contributed by atoms with Crippen molar-refractivity contribution in [3.63, 3.8) is 0 Å².